The smallest absolute Gasteiger partial charge is 0.175 e. The third-order valence-electron chi connectivity index (χ3n) is 3.48. The van der Waals surface area contributed by atoms with Crippen LogP contribution in [0, 0.1) is 0 Å². The minimum Gasteiger partial charge on any atom is -0.313 e. The normalized spacial score (nSPS) is 20.4. The third-order valence-corrected chi connectivity index (χ3v) is 4.61. The molecule has 1 aliphatic rings. The average molecular weight is 282 g/mol. The van der Waals surface area contributed by atoms with Gasteiger partial charge in [-0.3, -0.25) is 0 Å². The fraction of sp³-hybridized carbons (Fsp3) is 0.571. The first-order valence-electron chi connectivity index (χ1n) is 6.79. The van der Waals surface area contributed by atoms with Crippen molar-refractivity contribution in [2.75, 3.05) is 19.3 Å². The maximum Gasteiger partial charge on any atom is 0.175 e. The highest BCUT2D eigenvalue weighted by Gasteiger charge is 2.11. The molecule has 1 saturated heterocycles. The number of benzene rings is 1. The highest BCUT2D eigenvalue weighted by Crippen LogP contribution is 2.10. The van der Waals surface area contributed by atoms with Crippen LogP contribution in [-0.2, 0) is 16.4 Å². The first-order chi connectivity index (χ1) is 9.05. The van der Waals surface area contributed by atoms with E-state index in [2.05, 4.69) is 10.6 Å². The fourth-order valence-corrected chi connectivity index (χ4v) is 2.97. The van der Waals surface area contributed by atoms with Gasteiger partial charge in [-0.15, -0.1) is 0 Å². The topological polar surface area (TPSA) is 58.2 Å². The van der Waals surface area contributed by atoms with Crippen molar-refractivity contribution < 1.29 is 8.42 Å². The Balaban J connectivity index is 1.80. The molecule has 4 nitrogen and oxygen atoms in total. The van der Waals surface area contributed by atoms with Crippen molar-refractivity contribution in [3.8, 4) is 0 Å². The molecule has 2 N–H and O–H groups in total. The van der Waals surface area contributed by atoms with Crippen molar-refractivity contribution in [2.24, 2.45) is 0 Å². The van der Waals surface area contributed by atoms with Crippen molar-refractivity contribution >= 4 is 9.84 Å². The largest absolute Gasteiger partial charge is 0.313 e. The number of hydrogen-bond acceptors (Lipinski definition) is 4. The van der Waals surface area contributed by atoms with E-state index < -0.39 is 9.84 Å². The van der Waals surface area contributed by atoms with Gasteiger partial charge in [0.2, 0.25) is 0 Å². The average Bonchev–Trinajstić information content (AvgIpc) is 2.39. The molecule has 1 atom stereocenters. The SMILES string of the molecule is CS(=O)(=O)c1ccc(CNCC2CCCCN2)cc1. The van der Waals surface area contributed by atoms with E-state index in [0.717, 1.165) is 25.2 Å². The number of piperidine rings is 1. The quantitative estimate of drug-likeness (QED) is 0.855. The Morgan fingerprint density at radius 2 is 2.00 bits per heavy atom. The van der Waals surface area contributed by atoms with Gasteiger partial charge in [0.25, 0.3) is 0 Å². The molecule has 2 rings (SSSR count). The Kier molecular flexibility index (Phi) is 4.96. The van der Waals surface area contributed by atoms with Crippen LogP contribution in [0.2, 0.25) is 0 Å². The van der Waals surface area contributed by atoms with E-state index in [9.17, 15) is 8.42 Å². The summed E-state index contributed by atoms with van der Waals surface area (Å²) in [5.41, 5.74) is 1.11. The molecule has 1 aliphatic heterocycles. The predicted molar refractivity (Wildman–Crippen MR) is 76.9 cm³/mol. The Bertz CT molecular complexity index is 491. The van der Waals surface area contributed by atoms with Crippen molar-refractivity contribution in [3.05, 3.63) is 29.8 Å². The molecule has 1 aromatic carbocycles. The lowest BCUT2D eigenvalue weighted by Gasteiger charge is -2.23. The van der Waals surface area contributed by atoms with Crippen molar-refractivity contribution in [3.63, 3.8) is 0 Å². The molecule has 1 aromatic rings. The summed E-state index contributed by atoms with van der Waals surface area (Å²) in [5.74, 6) is 0. The number of hydrogen-bond donors (Lipinski definition) is 2. The van der Waals surface area contributed by atoms with Gasteiger partial charge in [-0.25, -0.2) is 8.42 Å². The number of rotatable bonds is 5. The van der Waals surface area contributed by atoms with Crippen LogP contribution in [0.4, 0.5) is 0 Å². The van der Waals surface area contributed by atoms with E-state index >= 15 is 0 Å². The van der Waals surface area contributed by atoms with Crippen LogP contribution < -0.4 is 10.6 Å². The molecule has 0 amide bonds. The summed E-state index contributed by atoms with van der Waals surface area (Å²) in [7, 11) is -3.09. The molecule has 0 saturated carbocycles. The summed E-state index contributed by atoms with van der Waals surface area (Å²) in [6.45, 7) is 2.87. The van der Waals surface area contributed by atoms with Gasteiger partial charge in [-0.2, -0.15) is 0 Å². The minimum absolute atomic E-state index is 0.380. The molecule has 0 aliphatic carbocycles. The summed E-state index contributed by atoms with van der Waals surface area (Å²) in [6.07, 6.45) is 5.06. The maximum absolute atomic E-state index is 11.3. The van der Waals surface area contributed by atoms with Gasteiger partial charge < -0.3 is 10.6 Å². The van der Waals surface area contributed by atoms with Crippen LogP contribution >= 0.6 is 0 Å². The van der Waals surface area contributed by atoms with Gasteiger partial charge in [0, 0.05) is 25.4 Å². The Morgan fingerprint density at radius 3 is 2.58 bits per heavy atom. The minimum atomic E-state index is -3.09. The molecule has 106 valence electrons. The van der Waals surface area contributed by atoms with Crippen LogP contribution in [-0.4, -0.2) is 33.8 Å². The molecule has 0 radical (unpaired) electrons. The highest BCUT2D eigenvalue weighted by atomic mass is 32.2. The van der Waals surface area contributed by atoms with Gasteiger partial charge in [0.05, 0.1) is 4.90 Å². The number of nitrogens with one attached hydrogen (secondary N) is 2. The van der Waals surface area contributed by atoms with Crippen molar-refractivity contribution in [1.82, 2.24) is 10.6 Å². The highest BCUT2D eigenvalue weighted by molar-refractivity contribution is 7.90. The van der Waals surface area contributed by atoms with Crippen LogP contribution in [0.15, 0.2) is 29.2 Å². The first kappa shape index (κ1) is 14.5. The molecule has 1 unspecified atom stereocenters. The maximum atomic E-state index is 11.3. The monoisotopic (exact) mass is 282 g/mol. The molecule has 19 heavy (non-hydrogen) atoms. The summed E-state index contributed by atoms with van der Waals surface area (Å²) in [5, 5.41) is 6.91. The fourth-order valence-electron chi connectivity index (χ4n) is 2.34. The van der Waals surface area contributed by atoms with E-state index in [1.165, 1.54) is 25.5 Å². The van der Waals surface area contributed by atoms with E-state index in [0.29, 0.717) is 10.9 Å². The first-order valence-corrected chi connectivity index (χ1v) is 8.68. The molecule has 0 aromatic heterocycles. The zero-order valence-corrected chi connectivity index (χ0v) is 12.2. The van der Waals surface area contributed by atoms with E-state index in [-0.39, 0.29) is 0 Å². The second kappa shape index (κ2) is 6.50. The van der Waals surface area contributed by atoms with E-state index in [1.807, 2.05) is 12.1 Å². The molecule has 5 heteroatoms. The second-order valence-electron chi connectivity index (χ2n) is 5.19. The zero-order valence-electron chi connectivity index (χ0n) is 11.4. The summed E-state index contributed by atoms with van der Waals surface area (Å²) < 4.78 is 22.7. The Morgan fingerprint density at radius 1 is 1.26 bits per heavy atom. The van der Waals surface area contributed by atoms with Gasteiger partial charge in [0.15, 0.2) is 9.84 Å². The molecular formula is C14H22N2O2S. The summed E-state index contributed by atoms with van der Waals surface area (Å²) >= 11 is 0. The lowest BCUT2D eigenvalue weighted by atomic mass is 10.1. The summed E-state index contributed by atoms with van der Waals surface area (Å²) in [4.78, 5) is 0.380. The third kappa shape index (κ3) is 4.60. The van der Waals surface area contributed by atoms with Crippen LogP contribution in [0.25, 0.3) is 0 Å². The second-order valence-corrected chi connectivity index (χ2v) is 7.21. The van der Waals surface area contributed by atoms with Crippen LogP contribution in [0.5, 0.6) is 0 Å². The van der Waals surface area contributed by atoms with Crippen LogP contribution in [0.3, 0.4) is 0 Å². The molecule has 1 fully saturated rings. The van der Waals surface area contributed by atoms with Gasteiger partial charge in [-0.05, 0) is 37.1 Å². The lowest BCUT2D eigenvalue weighted by molar-refractivity contribution is 0.383. The Labute approximate surface area is 115 Å². The van der Waals surface area contributed by atoms with Crippen LogP contribution in [0.1, 0.15) is 24.8 Å². The Hall–Kier alpha value is -0.910. The molecule has 0 spiro atoms. The summed E-state index contributed by atoms with van der Waals surface area (Å²) in [6, 6.07) is 7.66. The van der Waals surface area contributed by atoms with E-state index in [4.69, 9.17) is 0 Å². The van der Waals surface area contributed by atoms with Crippen molar-refractivity contribution in [1.29, 1.82) is 0 Å². The number of sulfone groups is 1. The molecule has 1 heterocycles. The lowest BCUT2D eigenvalue weighted by Crippen LogP contribution is -2.41. The van der Waals surface area contributed by atoms with Crippen molar-refractivity contribution in [2.45, 2.75) is 36.7 Å². The molecule has 0 bridgehead atoms. The van der Waals surface area contributed by atoms with Gasteiger partial charge in [-0.1, -0.05) is 18.6 Å². The van der Waals surface area contributed by atoms with E-state index in [1.54, 1.807) is 12.1 Å². The van der Waals surface area contributed by atoms with Gasteiger partial charge in [0.1, 0.15) is 0 Å². The standard InChI is InChI=1S/C14H22N2O2S/c1-19(17,18)14-7-5-12(6-8-14)10-15-11-13-4-2-3-9-16-13/h5-8,13,15-16H,2-4,9-11H2,1H3. The zero-order chi connectivity index (χ0) is 13.7. The predicted octanol–water partition coefficient (Wildman–Crippen LogP) is 1.32. The molecular weight excluding hydrogens is 260 g/mol. The van der Waals surface area contributed by atoms with Gasteiger partial charge >= 0.3 is 0 Å².